The van der Waals surface area contributed by atoms with Gasteiger partial charge in [-0.25, -0.2) is 0 Å². The molecule has 0 aliphatic heterocycles. The fourth-order valence-electron chi connectivity index (χ4n) is 2.81. The first kappa shape index (κ1) is 17.0. The van der Waals surface area contributed by atoms with Crippen LogP contribution in [-0.2, 0) is 2.66 Å². The topological polar surface area (TPSA) is 20.2 Å². The van der Waals surface area contributed by atoms with Crippen molar-refractivity contribution in [1.82, 2.24) is 0 Å². The van der Waals surface area contributed by atoms with E-state index in [0.717, 1.165) is 35.0 Å². The van der Waals surface area contributed by atoms with Gasteiger partial charge in [0.25, 0.3) is 0 Å². The average molecular weight is 298 g/mol. The van der Waals surface area contributed by atoms with E-state index >= 15 is 0 Å². The van der Waals surface area contributed by atoms with Gasteiger partial charge >= 0.3 is 138 Å². The van der Waals surface area contributed by atoms with Crippen LogP contribution in [0, 0.1) is 0 Å². The zero-order valence-corrected chi connectivity index (χ0v) is 15.1. The first-order valence-electron chi connectivity index (χ1n) is 7.43. The van der Waals surface area contributed by atoms with E-state index in [1.165, 1.54) is 16.7 Å². The number of hydrogen-bond donors (Lipinski definition) is 1. The number of benzene rings is 3. The van der Waals surface area contributed by atoms with Crippen molar-refractivity contribution in [2.45, 2.75) is 2.66 Å². The van der Waals surface area contributed by atoms with E-state index < -0.39 is 0 Å². The van der Waals surface area contributed by atoms with E-state index in [0.29, 0.717) is 0 Å². The van der Waals surface area contributed by atoms with Crippen molar-refractivity contribution in [3.05, 3.63) is 108 Å². The van der Waals surface area contributed by atoms with Crippen LogP contribution >= 0.6 is 0 Å². The van der Waals surface area contributed by atoms with E-state index in [1.807, 2.05) is 0 Å². The van der Waals surface area contributed by atoms with Gasteiger partial charge in [-0.15, -0.1) is 0 Å². The molecule has 1 N–H and O–H groups in total. The summed E-state index contributed by atoms with van der Waals surface area (Å²) in [5, 5.41) is 7.00. The zero-order valence-electron chi connectivity index (χ0n) is 13.1. The third-order valence-corrected chi connectivity index (χ3v) is 5.79. The number of aliphatic hydroxyl groups excluding tert-OH is 1. The summed E-state index contributed by atoms with van der Waals surface area (Å²) in [5.74, 6) is 0. The molecule has 0 bridgehead atoms. The van der Waals surface area contributed by atoms with Crippen LogP contribution in [0.1, 0.15) is 16.7 Å². The maximum absolute atomic E-state index is 7.00. The monoisotopic (exact) mass is 298 g/mol. The summed E-state index contributed by atoms with van der Waals surface area (Å²) in [7, 11) is 1.00. The second kappa shape index (κ2) is 8.30. The molecule has 0 spiro atoms. The molecule has 0 radical (unpaired) electrons. The molecule has 3 aromatic carbocycles. The predicted octanol–water partition coefficient (Wildman–Crippen LogP) is 3.76. The van der Waals surface area contributed by atoms with Gasteiger partial charge in [0.15, 0.2) is 0 Å². The Balaban J connectivity index is 0.000000847. The second-order valence-corrected chi connectivity index (χ2v) is 6.72. The first-order valence-corrected chi connectivity index (χ1v) is 8.43. The molecule has 0 fully saturated rings. The molecule has 0 unspecified atom stereocenters. The molecule has 0 saturated heterocycles. The Morgan fingerprint density at radius 3 is 1.00 bits per heavy atom. The van der Waals surface area contributed by atoms with Crippen molar-refractivity contribution in [3.63, 3.8) is 0 Å². The normalized spacial score (nSPS) is 10.5. The molecule has 0 amide bonds. The van der Waals surface area contributed by atoms with Crippen LogP contribution in [0.25, 0.3) is 0 Å². The first-order chi connectivity index (χ1) is 10.8. The van der Waals surface area contributed by atoms with Gasteiger partial charge < -0.3 is 5.11 Å². The average Bonchev–Trinajstić information content (AvgIpc) is 2.65. The van der Waals surface area contributed by atoms with Gasteiger partial charge in [-0.1, -0.05) is 0 Å². The standard InChI is InChI=1S/C19H15.CH4O.Na/c1-4-10-16(11-5-1)19(17-12-6-2-7-13-17)18-14-8-3-9-15-18;1-2;/h1-15H;2H,1H3;. The Labute approximate surface area is 150 Å². The Morgan fingerprint density at radius 2 is 0.773 bits per heavy atom. The van der Waals surface area contributed by atoms with Crippen molar-refractivity contribution in [3.8, 4) is 0 Å². The molecule has 0 aromatic heterocycles. The number of hydrogen-bond acceptors (Lipinski definition) is 1. The van der Waals surface area contributed by atoms with Gasteiger partial charge in [-0.3, -0.25) is 0 Å². The summed E-state index contributed by atoms with van der Waals surface area (Å²) >= 11 is 1.03. The Kier molecular flexibility index (Phi) is 6.41. The van der Waals surface area contributed by atoms with Crippen LogP contribution in [0.2, 0.25) is 0 Å². The fraction of sp³-hybridized carbons (Fsp3) is 0.100. The van der Waals surface area contributed by atoms with Gasteiger partial charge in [0.1, 0.15) is 0 Å². The molecule has 2 heteroatoms. The van der Waals surface area contributed by atoms with Crippen LogP contribution in [0.4, 0.5) is 0 Å². The predicted molar refractivity (Wildman–Crippen MR) is 93.1 cm³/mol. The fourth-order valence-corrected chi connectivity index (χ4v) is 3.81. The van der Waals surface area contributed by atoms with E-state index in [-0.39, 0.29) is 2.66 Å². The third-order valence-electron chi connectivity index (χ3n) is 4.05. The van der Waals surface area contributed by atoms with Crippen LogP contribution in [-0.4, -0.2) is 40.1 Å². The van der Waals surface area contributed by atoms with Crippen molar-refractivity contribution < 1.29 is 5.11 Å². The Hall–Kier alpha value is -1.38. The van der Waals surface area contributed by atoms with E-state index in [2.05, 4.69) is 91.0 Å². The summed E-state index contributed by atoms with van der Waals surface area (Å²) in [4.78, 5) is 0. The van der Waals surface area contributed by atoms with Gasteiger partial charge in [0.05, 0.1) is 0 Å². The van der Waals surface area contributed by atoms with Gasteiger partial charge in [-0.05, 0) is 0 Å². The summed E-state index contributed by atoms with van der Waals surface area (Å²) in [6.45, 7) is 0. The van der Waals surface area contributed by atoms with Crippen LogP contribution in [0.5, 0.6) is 0 Å². The van der Waals surface area contributed by atoms with Crippen molar-refractivity contribution in [1.29, 1.82) is 0 Å². The van der Waals surface area contributed by atoms with E-state index in [4.69, 9.17) is 5.11 Å². The summed E-state index contributed by atoms with van der Waals surface area (Å²) in [6.07, 6.45) is 0. The second-order valence-electron chi connectivity index (χ2n) is 5.22. The Morgan fingerprint density at radius 1 is 0.545 bits per heavy atom. The molecule has 0 aliphatic rings. The van der Waals surface area contributed by atoms with E-state index in [1.54, 1.807) is 0 Å². The molecule has 0 atom stereocenters. The van der Waals surface area contributed by atoms with E-state index in [9.17, 15) is 0 Å². The zero-order chi connectivity index (χ0) is 15.8. The summed E-state index contributed by atoms with van der Waals surface area (Å²) < 4.78 is 0.0176. The number of rotatable bonds is 3. The minimum atomic E-state index is 0.0176. The summed E-state index contributed by atoms with van der Waals surface area (Å²) in [6, 6.07) is 32.5. The molecule has 3 aromatic rings. The van der Waals surface area contributed by atoms with Crippen LogP contribution in [0.15, 0.2) is 91.0 Å². The van der Waals surface area contributed by atoms with Gasteiger partial charge in [0.2, 0.25) is 0 Å². The van der Waals surface area contributed by atoms with Crippen molar-refractivity contribution in [2.24, 2.45) is 0 Å². The molecule has 106 valence electrons. The molecule has 0 aliphatic carbocycles. The van der Waals surface area contributed by atoms with Gasteiger partial charge in [0, 0.05) is 7.11 Å². The quantitative estimate of drug-likeness (QED) is 0.576. The third kappa shape index (κ3) is 3.50. The molecule has 1 nitrogen and oxygen atoms in total. The maximum atomic E-state index is 7.00. The molecule has 3 rings (SSSR count). The molecular formula is C20H19NaO. The number of aliphatic hydroxyl groups is 1. The van der Waals surface area contributed by atoms with Crippen molar-refractivity contribution in [2.75, 3.05) is 7.11 Å². The van der Waals surface area contributed by atoms with Crippen LogP contribution in [0.3, 0.4) is 0 Å². The SMILES string of the molecule is CO.[Na][C](c1ccccc1)(c1ccccc1)c1ccccc1. The summed E-state index contributed by atoms with van der Waals surface area (Å²) in [5.41, 5.74) is 4.14. The molecule has 0 saturated carbocycles. The molecular weight excluding hydrogens is 279 g/mol. The van der Waals surface area contributed by atoms with Crippen molar-refractivity contribution >= 4 is 27.9 Å². The van der Waals surface area contributed by atoms with Crippen LogP contribution < -0.4 is 0 Å². The molecule has 0 heterocycles. The molecule has 22 heavy (non-hydrogen) atoms. The van der Waals surface area contributed by atoms with Gasteiger partial charge in [-0.2, -0.15) is 0 Å². The Bertz CT molecular complexity index is 569. The minimum absolute atomic E-state index is 0.0176.